The standard InChI is InChI=1S/C38H34N4O2/c1-37(2,3)25-17-19-27-29(21-25)31(35-41-39-33(43-35)23-13-9-7-10-14-23)28-20-18-26(38(4,5)6)22-30(28)32(27)36-42-40-34(44-36)24-15-11-8-12-16-24/h7-22H,1-6H3. The van der Waals surface area contributed by atoms with Crippen molar-refractivity contribution in [2.45, 2.75) is 52.4 Å². The average molecular weight is 579 g/mol. The molecule has 0 saturated carbocycles. The molecule has 0 aliphatic carbocycles. The van der Waals surface area contributed by atoms with Crippen molar-refractivity contribution in [1.82, 2.24) is 20.4 Å². The lowest BCUT2D eigenvalue weighted by atomic mass is 9.81. The molecule has 6 heteroatoms. The Labute approximate surface area is 256 Å². The van der Waals surface area contributed by atoms with Crippen LogP contribution in [0, 0.1) is 0 Å². The molecule has 0 bridgehead atoms. The van der Waals surface area contributed by atoms with Gasteiger partial charge in [0.1, 0.15) is 0 Å². The third-order valence-electron chi connectivity index (χ3n) is 8.17. The molecule has 44 heavy (non-hydrogen) atoms. The highest BCUT2D eigenvalue weighted by Gasteiger charge is 2.26. The summed E-state index contributed by atoms with van der Waals surface area (Å²) in [4.78, 5) is 0. The van der Waals surface area contributed by atoms with Crippen LogP contribution in [0.5, 0.6) is 0 Å². The first-order valence-corrected chi connectivity index (χ1v) is 14.9. The molecule has 0 fully saturated rings. The summed E-state index contributed by atoms with van der Waals surface area (Å²) in [6, 6.07) is 32.9. The van der Waals surface area contributed by atoms with Crippen molar-refractivity contribution in [2.24, 2.45) is 0 Å². The Morgan fingerprint density at radius 3 is 1.14 bits per heavy atom. The van der Waals surface area contributed by atoms with E-state index in [4.69, 9.17) is 8.83 Å². The maximum Gasteiger partial charge on any atom is 0.249 e. The second-order valence-electron chi connectivity index (χ2n) is 13.3. The van der Waals surface area contributed by atoms with E-state index in [1.807, 2.05) is 60.7 Å². The smallest absolute Gasteiger partial charge is 0.249 e. The Bertz CT molecular complexity index is 1970. The lowest BCUT2D eigenvalue weighted by Gasteiger charge is -2.23. The SMILES string of the molecule is CC(C)(C)c1ccc2c(-c3nnc(-c4ccccc4)o3)c3cc(C(C)(C)C)ccc3c(-c3nnc(-c4ccccc4)o3)c2c1. The summed E-state index contributed by atoms with van der Waals surface area (Å²) < 4.78 is 12.9. The largest absolute Gasteiger partial charge is 0.416 e. The van der Waals surface area contributed by atoms with Crippen molar-refractivity contribution in [3.05, 3.63) is 108 Å². The number of hydrogen-bond donors (Lipinski definition) is 0. The summed E-state index contributed by atoms with van der Waals surface area (Å²) in [6.07, 6.45) is 0. The van der Waals surface area contributed by atoms with Crippen LogP contribution in [0.15, 0.2) is 106 Å². The highest BCUT2D eigenvalue weighted by atomic mass is 16.4. The Hall–Kier alpha value is -5.10. The minimum Gasteiger partial charge on any atom is -0.416 e. The quantitative estimate of drug-likeness (QED) is 0.193. The van der Waals surface area contributed by atoms with Crippen molar-refractivity contribution >= 4 is 21.5 Å². The van der Waals surface area contributed by atoms with E-state index < -0.39 is 0 Å². The first-order valence-electron chi connectivity index (χ1n) is 14.9. The zero-order chi connectivity index (χ0) is 30.6. The summed E-state index contributed by atoms with van der Waals surface area (Å²) >= 11 is 0. The van der Waals surface area contributed by atoms with Gasteiger partial charge in [-0.05, 0) is 79.9 Å². The van der Waals surface area contributed by atoms with Gasteiger partial charge in [-0.25, -0.2) is 0 Å². The van der Waals surface area contributed by atoms with Crippen LogP contribution < -0.4 is 0 Å². The molecule has 0 radical (unpaired) electrons. The second-order valence-corrected chi connectivity index (χ2v) is 13.3. The van der Waals surface area contributed by atoms with Crippen molar-refractivity contribution in [3.8, 4) is 45.8 Å². The molecular weight excluding hydrogens is 544 g/mol. The third kappa shape index (κ3) is 4.86. The van der Waals surface area contributed by atoms with E-state index in [2.05, 4.69) is 98.3 Å². The van der Waals surface area contributed by atoms with Gasteiger partial charge in [0.2, 0.25) is 23.6 Å². The minimum atomic E-state index is -0.0777. The Morgan fingerprint density at radius 2 is 0.773 bits per heavy atom. The van der Waals surface area contributed by atoms with Gasteiger partial charge < -0.3 is 8.83 Å². The fraction of sp³-hybridized carbons (Fsp3) is 0.211. The summed E-state index contributed by atoms with van der Waals surface area (Å²) in [5.41, 5.74) is 5.77. The zero-order valence-corrected chi connectivity index (χ0v) is 25.8. The van der Waals surface area contributed by atoms with Gasteiger partial charge in [-0.3, -0.25) is 0 Å². The molecule has 0 saturated heterocycles. The number of hydrogen-bond acceptors (Lipinski definition) is 6. The highest BCUT2D eigenvalue weighted by molar-refractivity contribution is 6.20. The predicted molar refractivity (Wildman–Crippen MR) is 176 cm³/mol. The van der Waals surface area contributed by atoms with Crippen LogP contribution in [0.4, 0.5) is 0 Å². The van der Waals surface area contributed by atoms with Crippen molar-refractivity contribution in [2.75, 3.05) is 0 Å². The topological polar surface area (TPSA) is 77.8 Å². The Kier molecular flexibility index (Phi) is 6.47. The molecule has 2 heterocycles. The summed E-state index contributed by atoms with van der Waals surface area (Å²) in [6.45, 7) is 13.3. The number of benzene rings is 5. The van der Waals surface area contributed by atoms with Gasteiger partial charge in [0.25, 0.3) is 0 Å². The molecule has 0 aliphatic rings. The van der Waals surface area contributed by atoms with Crippen LogP contribution in [0.3, 0.4) is 0 Å². The van der Waals surface area contributed by atoms with E-state index in [1.54, 1.807) is 0 Å². The lowest BCUT2D eigenvalue weighted by molar-refractivity contribution is 0.583. The molecule has 0 unspecified atom stereocenters. The van der Waals surface area contributed by atoms with E-state index >= 15 is 0 Å². The van der Waals surface area contributed by atoms with E-state index in [1.165, 1.54) is 11.1 Å². The van der Waals surface area contributed by atoms with E-state index in [-0.39, 0.29) is 10.8 Å². The molecule has 2 aromatic heterocycles. The van der Waals surface area contributed by atoms with Gasteiger partial charge >= 0.3 is 0 Å². The Morgan fingerprint density at radius 1 is 0.409 bits per heavy atom. The first-order chi connectivity index (χ1) is 21.1. The van der Waals surface area contributed by atoms with Crippen molar-refractivity contribution in [1.29, 1.82) is 0 Å². The van der Waals surface area contributed by atoms with Crippen LogP contribution in [0.2, 0.25) is 0 Å². The third-order valence-corrected chi connectivity index (χ3v) is 8.17. The molecule has 0 atom stereocenters. The van der Waals surface area contributed by atoms with E-state index in [0.29, 0.717) is 23.6 Å². The zero-order valence-electron chi connectivity index (χ0n) is 25.8. The molecular formula is C38H34N4O2. The molecule has 0 amide bonds. The minimum absolute atomic E-state index is 0.0777. The first kappa shape index (κ1) is 27.7. The average Bonchev–Trinajstić information content (AvgIpc) is 3.70. The fourth-order valence-corrected chi connectivity index (χ4v) is 5.67. The highest BCUT2D eigenvalue weighted by Crippen LogP contribution is 2.46. The van der Waals surface area contributed by atoms with E-state index in [0.717, 1.165) is 43.8 Å². The van der Waals surface area contributed by atoms with Gasteiger partial charge in [-0.1, -0.05) is 102 Å². The summed E-state index contributed by atoms with van der Waals surface area (Å²) in [7, 11) is 0. The van der Waals surface area contributed by atoms with Crippen LogP contribution in [-0.4, -0.2) is 20.4 Å². The summed E-state index contributed by atoms with van der Waals surface area (Å²) in [5, 5.41) is 22.1. The maximum absolute atomic E-state index is 6.43. The van der Waals surface area contributed by atoms with Crippen LogP contribution in [0.25, 0.3) is 67.4 Å². The van der Waals surface area contributed by atoms with Gasteiger partial charge in [0, 0.05) is 11.1 Å². The maximum atomic E-state index is 6.43. The Balaban J connectivity index is 1.58. The molecule has 6 nitrogen and oxygen atoms in total. The molecule has 5 aromatic carbocycles. The van der Waals surface area contributed by atoms with Gasteiger partial charge in [-0.15, -0.1) is 20.4 Å². The van der Waals surface area contributed by atoms with E-state index in [9.17, 15) is 0 Å². The normalized spacial score (nSPS) is 12.3. The molecule has 0 spiro atoms. The second kappa shape index (κ2) is 10.3. The lowest BCUT2D eigenvalue weighted by Crippen LogP contribution is -2.11. The van der Waals surface area contributed by atoms with Gasteiger partial charge in [-0.2, -0.15) is 0 Å². The van der Waals surface area contributed by atoms with Gasteiger partial charge in [0.05, 0.1) is 11.1 Å². The molecule has 0 N–H and O–H groups in total. The number of rotatable bonds is 4. The molecule has 218 valence electrons. The van der Waals surface area contributed by atoms with Crippen molar-refractivity contribution < 1.29 is 8.83 Å². The number of aromatic nitrogens is 4. The van der Waals surface area contributed by atoms with Gasteiger partial charge in [0.15, 0.2) is 0 Å². The van der Waals surface area contributed by atoms with Crippen LogP contribution in [0.1, 0.15) is 52.7 Å². The fourth-order valence-electron chi connectivity index (χ4n) is 5.67. The molecule has 7 rings (SSSR count). The predicted octanol–water partition coefficient (Wildman–Crippen LogP) is 10.0. The van der Waals surface area contributed by atoms with Crippen LogP contribution in [-0.2, 0) is 10.8 Å². The monoisotopic (exact) mass is 578 g/mol. The van der Waals surface area contributed by atoms with Crippen LogP contribution >= 0.6 is 0 Å². The molecule has 7 aromatic rings. The summed E-state index contributed by atoms with van der Waals surface area (Å²) in [5.74, 6) is 1.90. The molecule has 0 aliphatic heterocycles. The van der Waals surface area contributed by atoms with Crippen molar-refractivity contribution in [3.63, 3.8) is 0 Å². The number of nitrogens with zero attached hydrogens (tertiary/aromatic N) is 4. The number of fused-ring (bicyclic) bond motifs is 2.